The van der Waals surface area contributed by atoms with Crippen LogP contribution in [-0.4, -0.2) is 58.7 Å². The Morgan fingerprint density at radius 2 is 1.81 bits per heavy atom. The van der Waals surface area contributed by atoms with Crippen LogP contribution in [0.15, 0.2) is 17.3 Å². The van der Waals surface area contributed by atoms with E-state index in [1.807, 2.05) is 6.92 Å². The highest BCUT2D eigenvalue weighted by Gasteiger charge is 2.45. The van der Waals surface area contributed by atoms with Gasteiger partial charge >= 0.3 is 0 Å². The van der Waals surface area contributed by atoms with E-state index in [4.69, 9.17) is 4.98 Å². The van der Waals surface area contributed by atoms with E-state index in [0.717, 1.165) is 44.0 Å². The van der Waals surface area contributed by atoms with E-state index in [1.165, 1.54) is 22.1 Å². The summed E-state index contributed by atoms with van der Waals surface area (Å²) in [6.45, 7) is 4.84. The van der Waals surface area contributed by atoms with Gasteiger partial charge in [0.25, 0.3) is 0 Å². The maximum atomic E-state index is 12.9. The summed E-state index contributed by atoms with van der Waals surface area (Å²) in [5, 5.41) is 4.01. The molecule has 144 valence electrons. The minimum absolute atomic E-state index is 0.283. The zero-order chi connectivity index (χ0) is 18.8. The van der Waals surface area contributed by atoms with Gasteiger partial charge in [0.1, 0.15) is 16.5 Å². The fourth-order valence-corrected chi connectivity index (χ4v) is 6.33. The number of nitrogens with zero attached hydrogens (tertiary/aromatic N) is 6. The molecule has 0 spiro atoms. The molecule has 0 radical (unpaired) electrons. The Morgan fingerprint density at radius 3 is 2.48 bits per heavy atom. The van der Waals surface area contributed by atoms with E-state index in [9.17, 15) is 8.42 Å². The average Bonchev–Trinajstić information content (AvgIpc) is 3.36. The summed E-state index contributed by atoms with van der Waals surface area (Å²) in [4.78, 5) is 12.0. The molecule has 0 saturated carbocycles. The minimum atomic E-state index is -3.45. The monoisotopic (exact) mass is 388 g/mol. The molecule has 8 nitrogen and oxygen atoms in total. The van der Waals surface area contributed by atoms with Gasteiger partial charge in [-0.2, -0.15) is 9.40 Å². The largest absolute Gasteiger partial charge is 0.356 e. The normalized spacial score (nSPS) is 25.2. The van der Waals surface area contributed by atoms with E-state index in [0.29, 0.717) is 24.9 Å². The zero-order valence-corrected chi connectivity index (χ0v) is 16.5. The first-order chi connectivity index (χ1) is 12.9. The van der Waals surface area contributed by atoms with Gasteiger partial charge in [-0.3, -0.25) is 4.68 Å². The van der Waals surface area contributed by atoms with E-state index in [2.05, 4.69) is 15.0 Å². The topological polar surface area (TPSA) is 84.2 Å². The number of hydrogen-bond donors (Lipinski definition) is 0. The van der Waals surface area contributed by atoms with Crippen LogP contribution in [0.4, 0.5) is 5.82 Å². The van der Waals surface area contributed by atoms with E-state index in [-0.39, 0.29) is 4.90 Å². The maximum Gasteiger partial charge on any atom is 0.246 e. The first kappa shape index (κ1) is 17.1. The zero-order valence-electron chi connectivity index (χ0n) is 15.7. The Labute approximate surface area is 159 Å². The molecule has 1 aliphatic carbocycles. The molecule has 5 rings (SSSR count). The van der Waals surface area contributed by atoms with Crippen molar-refractivity contribution in [1.82, 2.24) is 24.1 Å². The SMILES string of the molecule is Cc1nc2c(c(N3CC4CN(S(=O)(=O)c5cnn(C)c5)CC4C3)n1)CCC2. The van der Waals surface area contributed by atoms with E-state index in [1.54, 1.807) is 17.5 Å². The number of aromatic nitrogens is 4. The first-order valence-electron chi connectivity index (χ1n) is 9.52. The molecule has 0 amide bonds. The molecule has 4 heterocycles. The molecule has 2 unspecified atom stereocenters. The molecule has 9 heteroatoms. The van der Waals surface area contributed by atoms with Crippen LogP contribution < -0.4 is 4.90 Å². The van der Waals surface area contributed by atoms with Gasteiger partial charge in [0.2, 0.25) is 10.0 Å². The van der Waals surface area contributed by atoms with Crippen molar-refractivity contribution >= 4 is 15.8 Å². The molecular weight excluding hydrogens is 364 g/mol. The maximum absolute atomic E-state index is 12.9. The summed E-state index contributed by atoms with van der Waals surface area (Å²) in [5.74, 6) is 2.63. The molecule has 2 aromatic heterocycles. The molecule has 2 saturated heterocycles. The van der Waals surface area contributed by atoms with Crippen LogP contribution in [0, 0.1) is 18.8 Å². The van der Waals surface area contributed by atoms with Gasteiger partial charge in [0.05, 0.1) is 6.20 Å². The lowest BCUT2D eigenvalue weighted by molar-refractivity contribution is 0.453. The van der Waals surface area contributed by atoms with E-state index >= 15 is 0 Å². The van der Waals surface area contributed by atoms with Crippen LogP contribution in [0.2, 0.25) is 0 Å². The predicted molar refractivity (Wildman–Crippen MR) is 100.0 cm³/mol. The van der Waals surface area contributed by atoms with Crippen LogP contribution in [0.5, 0.6) is 0 Å². The number of aryl methyl sites for hydroxylation is 3. The number of sulfonamides is 1. The second-order valence-corrected chi connectivity index (χ2v) is 9.91. The second kappa shape index (κ2) is 6.00. The Hall–Kier alpha value is -2.00. The van der Waals surface area contributed by atoms with Crippen LogP contribution in [0.1, 0.15) is 23.5 Å². The lowest BCUT2D eigenvalue weighted by Gasteiger charge is -2.24. The quantitative estimate of drug-likeness (QED) is 0.772. The summed E-state index contributed by atoms with van der Waals surface area (Å²) >= 11 is 0. The molecule has 27 heavy (non-hydrogen) atoms. The molecule has 2 fully saturated rings. The van der Waals surface area contributed by atoms with Crippen LogP contribution in [0.3, 0.4) is 0 Å². The number of fused-ring (bicyclic) bond motifs is 2. The Balaban J connectivity index is 1.35. The fraction of sp³-hybridized carbons (Fsp3) is 0.611. The number of rotatable bonds is 3. The Kier molecular flexibility index (Phi) is 3.80. The minimum Gasteiger partial charge on any atom is -0.356 e. The van der Waals surface area contributed by atoms with Gasteiger partial charge in [0, 0.05) is 50.7 Å². The van der Waals surface area contributed by atoms with Crippen molar-refractivity contribution in [1.29, 1.82) is 0 Å². The van der Waals surface area contributed by atoms with Crippen molar-refractivity contribution < 1.29 is 8.42 Å². The molecule has 2 aromatic rings. The van der Waals surface area contributed by atoms with Crippen molar-refractivity contribution in [3.63, 3.8) is 0 Å². The third-order valence-electron chi connectivity index (χ3n) is 6.09. The highest BCUT2D eigenvalue weighted by molar-refractivity contribution is 7.89. The van der Waals surface area contributed by atoms with Crippen molar-refractivity contribution in [2.24, 2.45) is 18.9 Å². The molecule has 0 aromatic carbocycles. The fourth-order valence-electron chi connectivity index (χ4n) is 4.80. The standard InChI is InChI=1S/C18H24N6O2S/c1-12-20-17-5-3-4-16(17)18(21-12)23-7-13-9-24(10-14(13)8-23)27(25,26)15-6-19-22(2)11-15/h6,11,13-14H,3-5,7-10H2,1-2H3. The third-order valence-corrected chi connectivity index (χ3v) is 7.88. The first-order valence-corrected chi connectivity index (χ1v) is 11.0. The molecular formula is C18H24N6O2S. The van der Waals surface area contributed by atoms with Gasteiger partial charge in [-0.05, 0) is 38.0 Å². The number of anilines is 1. The van der Waals surface area contributed by atoms with Crippen molar-refractivity contribution in [3.8, 4) is 0 Å². The molecule has 2 atom stereocenters. The Bertz CT molecular complexity index is 987. The van der Waals surface area contributed by atoms with Crippen molar-refractivity contribution in [2.75, 3.05) is 31.1 Å². The van der Waals surface area contributed by atoms with Gasteiger partial charge in [-0.25, -0.2) is 18.4 Å². The predicted octanol–water partition coefficient (Wildman–Crippen LogP) is 0.764. The summed E-state index contributed by atoms with van der Waals surface area (Å²) in [6.07, 6.45) is 6.26. The van der Waals surface area contributed by atoms with Gasteiger partial charge in [-0.15, -0.1) is 0 Å². The molecule has 0 bridgehead atoms. The third kappa shape index (κ3) is 2.75. The van der Waals surface area contributed by atoms with Crippen LogP contribution >= 0.6 is 0 Å². The van der Waals surface area contributed by atoms with Crippen molar-refractivity contribution in [2.45, 2.75) is 31.1 Å². The average molecular weight is 388 g/mol. The van der Waals surface area contributed by atoms with Crippen molar-refractivity contribution in [3.05, 3.63) is 29.5 Å². The molecule has 2 aliphatic heterocycles. The smallest absolute Gasteiger partial charge is 0.246 e. The summed E-state index contributed by atoms with van der Waals surface area (Å²) < 4.78 is 28.9. The second-order valence-electron chi connectivity index (χ2n) is 7.97. The summed E-state index contributed by atoms with van der Waals surface area (Å²) in [6, 6.07) is 0. The Morgan fingerprint density at radius 1 is 1.07 bits per heavy atom. The van der Waals surface area contributed by atoms with Crippen LogP contribution in [-0.2, 0) is 29.9 Å². The molecule has 3 aliphatic rings. The highest BCUT2D eigenvalue weighted by Crippen LogP contribution is 2.38. The number of hydrogen-bond acceptors (Lipinski definition) is 6. The lowest BCUT2D eigenvalue weighted by Crippen LogP contribution is -2.33. The van der Waals surface area contributed by atoms with Gasteiger partial charge in [0.15, 0.2) is 0 Å². The highest BCUT2D eigenvalue weighted by atomic mass is 32.2. The van der Waals surface area contributed by atoms with Gasteiger partial charge < -0.3 is 4.90 Å². The van der Waals surface area contributed by atoms with Gasteiger partial charge in [-0.1, -0.05) is 0 Å². The molecule has 0 N–H and O–H groups in total. The summed E-state index contributed by atoms with van der Waals surface area (Å²) in [7, 11) is -1.72. The summed E-state index contributed by atoms with van der Waals surface area (Å²) in [5.41, 5.74) is 2.51. The lowest BCUT2D eigenvalue weighted by atomic mass is 10.0. The van der Waals surface area contributed by atoms with Crippen LogP contribution in [0.25, 0.3) is 0 Å². The van der Waals surface area contributed by atoms with E-state index < -0.39 is 10.0 Å².